The highest BCUT2D eigenvalue weighted by atomic mass is 19.2. The third-order valence-corrected chi connectivity index (χ3v) is 3.57. The van der Waals surface area contributed by atoms with Gasteiger partial charge in [0.05, 0.1) is 5.56 Å². The lowest BCUT2D eigenvalue weighted by molar-refractivity contribution is -0.116. The molecule has 0 saturated carbocycles. The molecule has 3 rings (SSSR count). The third-order valence-electron chi connectivity index (χ3n) is 3.57. The predicted molar refractivity (Wildman–Crippen MR) is 84.5 cm³/mol. The second-order valence-corrected chi connectivity index (χ2v) is 5.35. The van der Waals surface area contributed by atoms with Crippen molar-refractivity contribution in [1.29, 1.82) is 0 Å². The summed E-state index contributed by atoms with van der Waals surface area (Å²) < 4.78 is 49.8. The minimum atomic E-state index is -1.72. The van der Waals surface area contributed by atoms with Gasteiger partial charge in [0.25, 0.3) is 5.91 Å². The lowest BCUT2D eigenvalue weighted by Crippen LogP contribution is -2.28. The molecule has 9 heteroatoms. The summed E-state index contributed by atoms with van der Waals surface area (Å²) in [6.07, 6.45) is -0.106. The smallest absolute Gasteiger partial charge is 0.254 e. The number of fused-ring (bicyclic) bond motifs is 1. The fourth-order valence-electron chi connectivity index (χ4n) is 2.28. The molecule has 26 heavy (non-hydrogen) atoms. The molecule has 0 spiro atoms. The maximum absolute atomic E-state index is 13.5. The van der Waals surface area contributed by atoms with Crippen molar-refractivity contribution in [3.63, 3.8) is 0 Å². The Kier molecular flexibility index (Phi) is 4.97. The van der Waals surface area contributed by atoms with Gasteiger partial charge in [-0.2, -0.15) is 0 Å². The molecule has 2 aromatic carbocycles. The normalized spacial score (nSPS) is 12.0. The molecule has 0 unspecified atom stereocenters. The molecule has 0 fully saturated rings. The average Bonchev–Trinajstić information content (AvgIpc) is 3.07. The molecule has 1 heterocycles. The molecule has 0 bridgehead atoms. The molecule has 2 N–H and O–H groups in total. The third kappa shape index (κ3) is 3.71. The van der Waals surface area contributed by atoms with Crippen LogP contribution in [-0.2, 0) is 4.79 Å². The lowest BCUT2D eigenvalue weighted by Gasteiger charge is -2.08. The fourth-order valence-corrected chi connectivity index (χ4v) is 2.28. The van der Waals surface area contributed by atoms with Crippen LogP contribution in [0.4, 0.5) is 18.9 Å². The standard InChI is InChI=1S/C17H13F3N2O4/c18-11-3-2-10(15(19)16(11)20)17(24)21-6-5-14(23)22-9-1-4-12-13(7-9)26-8-25-12/h1-4,7H,5-6,8H2,(H,21,24)(H,22,23). The maximum atomic E-state index is 13.5. The molecule has 136 valence electrons. The van der Waals surface area contributed by atoms with E-state index in [0.717, 1.165) is 6.07 Å². The van der Waals surface area contributed by atoms with Gasteiger partial charge in [-0.3, -0.25) is 9.59 Å². The number of rotatable bonds is 5. The first-order valence-electron chi connectivity index (χ1n) is 7.57. The summed E-state index contributed by atoms with van der Waals surface area (Å²) in [6, 6.07) is 6.34. The van der Waals surface area contributed by atoms with Crippen LogP contribution in [0.5, 0.6) is 11.5 Å². The summed E-state index contributed by atoms with van der Waals surface area (Å²) in [7, 11) is 0. The monoisotopic (exact) mass is 366 g/mol. The summed E-state index contributed by atoms with van der Waals surface area (Å²) in [5, 5.41) is 4.87. The van der Waals surface area contributed by atoms with Crippen LogP contribution in [0.3, 0.4) is 0 Å². The summed E-state index contributed by atoms with van der Waals surface area (Å²) >= 11 is 0. The topological polar surface area (TPSA) is 76.7 Å². The van der Waals surface area contributed by atoms with Crippen molar-refractivity contribution in [2.24, 2.45) is 0 Å². The maximum Gasteiger partial charge on any atom is 0.254 e. The second kappa shape index (κ2) is 7.34. The summed E-state index contributed by atoms with van der Waals surface area (Å²) in [5.74, 6) is -4.96. The Labute approximate surface area is 145 Å². The van der Waals surface area contributed by atoms with Crippen molar-refractivity contribution in [1.82, 2.24) is 5.32 Å². The van der Waals surface area contributed by atoms with Gasteiger partial charge in [0, 0.05) is 24.7 Å². The van der Waals surface area contributed by atoms with Crippen molar-refractivity contribution < 1.29 is 32.2 Å². The number of ether oxygens (including phenoxy) is 2. The van der Waals surface area contributed by atoms with E-state index in [4.69, 9.17) is 9.47 Å². The average molecular weight is 366 g/mol. The van der Waals surface area contributed by atoms with Crippen LogP contribution in [0.15, 0.2) is 30.3 Å². The van der Waals surface area contributed by atoms with Gasteiger partial charge >= 0.3 is 0 Å². The quantitative estimate of drug-likeness (QED) is 0.798. The van der Waals surface area contributed by atoms with Crippen LogP contribution >= 0.6 is 0 Å². The first-order valence-corrected chi connectivity index (χ1v) is 7.57. The van der Waals surface area contributed by atoms with Crippen LogP contribution in [-0.4, -0.2) is 25.2 Å². The Morgan fingerprint density at radius 3 is 2.58 bits per heavy atom. The molecule has 1 aliphatic rings. The van der Waals surface area contributed by atoms with Crippen LogP contribution in [0.25, 0.3) is 0 Å². The van der Waals surface area contributed by atoms with E-state index in [9.17, 15) is 22.8 Å². The van der Waals surface area contributed by atoms with Gasteiger partial charge in [0.2, 0.25) is 12.7 Å². The first-order chi connectivity index (χ1) is 12.5. The van der Waals surface area contributed by atoms with Crippen LogP contribution in [0.1, 0.15) is 16.8 Å². The number of benzene rings is 2. The second-order valence-electron chi connectivity index (χ2n) is 5.35. The molecule has 0 saturated heterocycles. The van der Waals surface area contributed by atoms with Gasteiger partial charge in [0.15, 0.2) is 29.0 Å². The lowest BCUT2D eigenvalue weighted by atomic mass is 10.2. The number of carbonyl (C=O) groups excluding carboxylic acids is 2. The van der Waals surface area contributed by atoms with Crippen LogP contribution in [0.2, 0.25) is 0 Å². The molecular weight excluding hydrogens is 353 g/mol. The predicted octanol–water partition coefficient (Wildman–Crippen LogP) is 2.59. The number of amides is 2. The van der Waals surface area contributed by atoms with Crippen molar-refractivity contribution in [2.45, 2.75) is 6.42 Å². The largest absolute Gasteiger partial charge is 0.454 e. The highest BCUT2D eigenvalue weighted by Gasteiger charge is 2.19. The Morgan fingerprint density at radius 2 is 1.77 bits per heavy atom. The highest BCUT2D eigenvalue weighted by Crippen LogP contribution is 2.34. The minimum absolute atomic E-state index is 0.106. The molecule has 0 aliphatic carbocycles. The molecule has 6 nitrogen and oxygen atoms in total. The molecule has 2 amide bonds. The van der Waals surface area contributed by atoms with Crippen molar-refractivity contribution in [3.8, 4) is 11.5 Å². The van der Waals surface area contributed by atoms with E-state index in [2.05, 4.69) is 10.6 Å². The van der Waals surface area contributed by atoms with Crippen molar-refractivity contribution in [3.05, 3.63) is 53.3 Å². The number of halogens is 3. The first kappa shape index (κ1) is 17.6. The number of hydrogen-bond acceptors (Lipinski definition) is 4. The summed E-state index contributed by atoms with van der Waals surface area (Å²) in [4.78, 5) is 23.7. The number of carbonyl (C=O) groups is 2. The zero-order chi connectivity index (χ0) is 18.7. The van der Waals surface area contributed by atoms with Gasteiger partial charge in [-0.05, 0) is 24.3 Å². The van der Waals surface area contributed by atoms with E-state index < -0.39 is 34.8 Å². The molecular formula is C17H13F3N2O4. The van der Waals surface area contributed by atoms with Gasteiger partial charge in [-0.25, -0.2) is 13.2 Å². The summed E-state index contributed by atoms with van der Waals surface area (Å²) in [6.45, 7) is -0.00699. The Morgan fingerprint density at radius 1 is 1.00 bits per heavy atom. The molecule has 2 aromatic rings. The molecule has 0 aromatic heterocycles. The summed E-state index contributed by atoms with van der Waals surface area (Å²) in [5.41, 5.74) is -0.155. The van der Waals surface area contributed by atoms with Gasteiger partial charge in [0.1, 0.15) is 0 Å². The van der Waals surface area contributed by atoms with E-state index in [1.165, 1.54) is 0 Å². The highest BCUT2D eigenvalue weighted by molar-refractivity contribution is 5.95. The molecule has 0 radical (unpaired) electrons. The number of anilines is 1. The van der Waals surface area contributed by atoms with Gasteiger partial charge < -0.3 is 20.1 Å². The van der Waals surface area contributed by atoms with Crippen molar-refractivity contribution in [2.75, 3.05) is 18.7 Å². The van der Waals surface area contributed by atoms with E-state index >= 15 is 0 Å². The molecule has 1 aliphatic heterocycles. The Bertz CT molecular complexity index is 873. The zero-order valence-electron chi connectivity index (χ0n) is 13.3. The van der Waals surface area contributed by atoms with Gasteiger partial charge in [-0.1, -0.05) is 0 Å². The van der Waals surface area contributed by atoms with E-state index in [0.29, 0.717) is 23.3 Å². The molecule has 0 atom stereocenters. The van der Waals surface area contributed by atoms with E-state index in [1.54, 1.807) is 18.2 Å². The van der Waals surface area contributed by atoms with E-state index in [-0.39, 0.29) is 19.8 Å². The van der Waals surface area contributed by atoms with Crippen LogP contribution < -0.4 is 20.1 Å². The number of nitrogens with one attached hydrogen (secondary N) is 2. The fraction of sp³-hybridized carbons (Fsp3) is 0.176. The van der Waals surface area contributed by atoms with Gasteiger partial charge in [-0.15, -0.1) is 0 Å². The number of hydrogen-bond donors (Lipinski definition) is 2. The zero-order valence-corrected chi connectivity index (χ0v) is 13.3. The van der Waals surface area contributed by atoms with E-state index in [1.807, 2.05) is 0 Å². The Balaban J connectivity index is 1.51. The minimum Gasteiger partial charge on any atom is -0.454 e. The van der Waals surface area contributed by atoms with Crippen molar-refractivity contribution >= 4 is 17.5 Å². The Hall–Kier alpha value is -3.23. The SMILES string of the molecule is O=C(CCNC(=O)c1ccc(F)c(F)c1F)Nc1ccc2c(c1)OCO2. The van der Waals surface area contributed by atoms with Crippen LogP contribution in [0, 0.1) is 17.5 Å².